The molecule has 1 heterocycles. The number of nitrogens with zero attached hydrogens (tertiary/aromatic N) is 1. The first kappa shape index (κ1) is 10.2. The molecule has 0 radical (unpaired) electrons. The molecule has 0 aromatic heterocycles. The zero-order chi connectivity index (χ0) is 9.14. The maximum absolute atomic E-state index is 11.3. The molecule has 0 aromatic rings. The summed E-state index contributed by atoms with van der Waals surface area (Å²) in [6.45, 7) is 0.648. The summed E-state index contributed by atoms with van der Waals surface area (Å²) in [6, 6.07) is -0.199. The third-order valence-corrected chi connectivity index (χ3v) is 2.11. The van der Waals surface area contributed by atoms with Crippen LogP contribution in [0.3, 0.4) is 0 Å². The molecular formula is C6H14N2O2P2. The lowest BCUT2D eigenvalue weighted by Crippen LogP contribution is -2.43. The largest absolute Gasteiger partial charge is 0.373 e. The first-order valence-electron chi connectivity index (χ1n) is 3.87. The minimum atomic E-state index is -0.598. The van der Waals surface area contributed by atoms with Crippen molar-refractivity contribution in [2.75, 3.05) is 6.54 Å². The lowest BCUT2D eigenvalue weighted by Gasteiger charge is -2.21. The molecule has 2 N–H and O–H groups in total. The average molecular weight is 208 g/mol. The number of carbonyl (C=O) groups is 1. The van der Waals surface area contributed by atoms with Crippen molar-refractivity contribution in [3.63, 3.8) is 0 Å². The number of nitrogens with one attached hydrogen (secondary N) is 1. The first-order valence-corrected chi connectivity index (χ1v) is 5.21. The highest BCUT2D eigenvalue weighted by Crippen LogP contribution is 2.15. The second-order valence-corrected chi connectivity index (χ2v) is 5.00. The maximum atomic E-state index is 11.3. The minimum absolute atomic E-state index is 0.0368. The van der Waals surface area contributed by atoms with Crippen molar-refractivity contribution < 1.29 is 9.90 Å². The topological polar surface area (TPSA) is 52.6 Å². The smallest absolute Gasteiger partial charge is 0.320 e. The molecule has 2 amide bonds. The van der Waals surface area contributed by atoms with Gasteiger partial charge in [-0.3, -0.25) is 4.90 Å². The molecule has 4 nitrogen and oxygen atoms in total. The zero-order valence-corrected chi connectivity index (χ0v) is 9.04. The standard InChI is InChI=1S/C6H14N2O2P2/c9-4-2-1-3-8(4)5(10)7-6(11)12/h4,6,9H,1-3,11-12H2,(H,7,10). The highest BCUT2D eigenvalue weighted by Gasteiger charge is 2.26. The summed E-state index contributed by atoms with van der Waals surface area (Å²) in [7, 11) is 4.89. The van der Waals surface area contributed by atoms with E-state index in [4.69, 9.17) is 0 Å². The SMILES string of the molecule is O=C(NC(P)P)N1CCCC1O. The molecule has 3 unspecified atom stereocenters. The van der Waals surface area contributed by atoms with Crippen molar-refractivity contribution in [1.82, 2.24) is 10.2 Å². The fourth-order valence-electron chi connectivity index (χ4n) is 1.21. The molecule has 1 rings (SSSR count). The van der Waals surface area contributed by atoms with E-state index in [1.54, 1.807) is 0 Å². The monoisotopic (exact) mass is 208 g/mol. The van der Waals surface area contributed by atoms with Gasteiger partial charge in [-0.1, -0.05) is 0 Å². The van der Waals surface area contributed by atoms with E-state index in [1.807, 2.05) is 0 Å². The van der Waals surface area contributed by atoms with Crippen LogP contribution in [-0.2, 0) is 0 Å². The van der Waals surface area contributed by atoms with Crippen molar-refractivity contribution in [2.45, 2.75) is 24.6 Å². The average Bonchev–Trinajstić information content (AvgIpc) is 2.33. The molecule has 0 bridgehead atoms. The van der Waals surface area contributed by atoms with Gasteiger partial charge >= 0.3 is 6.03 Å². The molecule has 1 aliphatic rings. The number of urea groups is 1. The molecule has 3 atom stereocenters. The summed E-state index contributed by atoms with van der Waals surface area (Å²) in [4.78, 5) is 12.7. The molecule has 12 heavy (non-hydrogen) atoms. The number of likely N-dealkylation sites (tertiary alicyclic amines) is 1. The van der Waals surface area contributed by atoms with Gasteiger partial charge in [0.25, 0.3) is 0 Å². The number of amides is 2. The fraction of sp³-hybridized carbons (Fsp3) is 0.833. The van der Waals surface area contributed by atoms with Gasteiger partial charge in [0.2, 0.25) is 0 Å². The van der Waals surface area contributed by atoms with E-state index in [-0.39, 0.29) is 11.6 Å². The summed E-state index contributed by atoms with van der Waals surface area (Å²) in [5.41, 5.74) is -0.0368. The Morgan fingerprint density at radius 3 is 2.75 bits per heavy atom. The lowest BCUT2D eigenvalue weighted by molar-refractivity contribution is 0.0619. The molecule has 0 aromatic carbocycles. The van der Waals surface area contributed by atoms with Gasteiger partial charge in [-0.05, 0) is 12.8 Å². The Hall–Kier alpha value is 0.0900. The van der Waals surface area contributed by atoms with Gasteiger partial charge < -0.3 is 10.4 Å². The zero-order valence-electron chi connectivity index (χ0n) is 6.73. The second-order valence-electron chi connectivity index (χ2n) is 2.79. The van der Waals surface area contributed by atoms with Crippen LogP contribution in [0.15, 0.2) is 0 Å². The number of carbonyl (C=O) groups excluding carboxylic acids is 1. The number of hydrogen-bond acceptors (Lipinski definition) is 2. The quantitative estimate of drug-likeness (QED) is 0.602. The predicted octanol–water partition coefficient (Wildman–Crippen LogP) is 0.144. The van der Waals surface area contributed by atoms with Crippen molar-refractivity contribution in [3.05, 3.63) is 0 Å². The molecule has 70 valence electrons. The van der Waals surface area contributed by atoms with E-state index in [9.17, 15) is 9.90 Å². The van der Waals surface area contributed by atoms with Crippen molar-refractivity contribution in [3.8, 4) is 0 Å². The molecule has 1 fully saturated rings. The Bertz CT molecular complexity index is 177. The lowest BCUT2D eigenvalue weighted by atomic mass is 10.4. The summed E-state index contributed by atoms with van der Waals surface area (Å²) in [6.07, 6.45) is 0.970. The van der Waals surface area contributed by atoms with Crippen LogP contribution in [0.5, 0.6) is 0 Å². The van der Waals surface area contributed by atoms with Gasteiger partial charge in [0.1, 0.15) is 6.23 Å². The molecule has 0 aliphatic carbocycles. The summed E-state index contributed by atoms with van der Waals surface area (Å²) < 4.78 is 0. The number of rotatable bonds is 1. The third kappa shape index (κ3) is 2.55. The Morgan fingerprint density at radius 1 is 1.67 bits per heavy atom. The highest BCUT2D eigenvalue weighted by molar-refractivity contribution is 7.37. The van der Waals surface area contributed by atoms with E-state index >= 15 is 0 Å². The van der Waals surface area contributed by atoms with E-state index in [2.05, 4.69) is 23.8 Å². The molecule has 0 spiro atoms. The Morgan fingerprint density at radius 2 is 2.33 bits per heavy atom. The van der Waals surface area contributed by atoms with Crippen LogP contribution in [-0.4, -0.2) is 34.3 Å². The Balaban J connectivity index is 2.41. The fourth-order valence-corrected chi connectivity index (χ4v) is 1.50. The van der Waals surface area contributed by atoms with E-state index in [0.29, 0.717) is 13.0 Å². The summed E-state index contributed by atoms with van der Waals surface area (Å²) >= 11 is 0. The van der Waals surface area contributed by atoms with Gasteiger partial charge in [-0.25, -0.2) is 4.79 Å². The third-order valence-electron chi connectivity index (χ3n) is 1.77. The van der Waals surface area contributed by atoms with Gasteiger partial charge in [-0.15, -0.1) is 18.5 Å². The van der Waals surface area contributed by atoms with E-state index in [1.165, 1.54) is 4.90 Å². The normalized spacial score (nSPS) is 23.3. The van der Waals surface area contributed by atoms with Gasteiger partial charge in [0.15, 0.2) is 0 Å². The maximum Gasteiger partial charge on any atom is 0.320 e. The van der Waals surface area contributed by atoms with Crippen LogP contribution in [0.1, 0.15) is 12.8 Å². The van der Waals surface area contributed by atoms with Crippen LogP contribution in [0, 0.1) is 0 Å². The molecule has 6 heteroatoms. The van der Waals surface area contributed by atoms with E-state index in [0.717, 1.165) is 6.42 Å². The molecule has 1 aliphatic heterocycles. The summed E-state index contributed by atoms with van der Waals surface area (Å²) in [5.74, 6) is 0. The number of hydrogen-bond donors (Lipinski definition) is 2. The molecule has 0 saturated carbocycles. The van der Waals surface area contributed by atoms with Crippen molar-refractivity contribution in [1.29, 1.82) is 0 Å². The van der Waals surface area contributed by atoms with Crippen LogP contribution in [0.25, 0.3) is 0 Å². The van der Waals surface area contributed by atoms with Gasteiger partial charge in [0, 0.05) is 6.54 Å². The highest BCUT2D eigenvalue weighted by atomic mass is 31.1. The first-order chi connectivity index (χ1) is 5.61. The van der Waals surface area contributed by atoms with Gasteiger partial charge in [-0.2, -0.15) is 0 Å². The van der Waals surface area contributed by atoms with Crippen LogP contribution in [0.2, 0.25) is 0 Å². The second kappa shape index (κ2) is 4.36. The van der Waals surface area contributed by atoms with E-state index < -0.39 is 6.23 Å². The predicted molar refractivity (Wildman–Crippen MR) is 53.7 cm³/mol. The Kier molecular flexibility index (Phi) is 3.70. The minimum Gasteiger partial charge on any atom is -0.373 e. The van der Waals surface area contributed by atoms with Crippen LogP contribution >= 0.6 is 18.5 Å². The van der Waals surface area contributed by atoms with Crippen LogP contribution in [0.4, 0.5) is 4.79 Å². The molecular weight excluding hydrogens is 194 g/mol. The van der Waals surface area contributed by atoms with Crippen molar-refractivity contribution in [2.24, 2.45) is 0 Å². The number of aliphatic hydroxyl groups excluding tert-OH is 1. The van der Waals surface area contributed by atoms with Crippen LogP contribution < -0.4 is 5.32 Å². The number of aliphatic hydroxyl groups is 1. The summed E-state index contributed by atoms with van der Waals surface area (Å²) in [5, 5.41) is 12.0. The Labute approximate surface area is 76.5 Å². The van der Waals surface area contributed by atoms with Crippen molar-refractivity contribution >= 4 is 24.5 Å². The molecule has 1 saturated heterocycles. The van der Waals surface area contributed by atoms with Gasteiger partial charge in [0.05, 0.1) is 5.52 Å².